The lowest BCUT2D eigenvalue weighted by Crippen LogP contribution is -2.33. The molecule has 0 saturated heterocycles. The average Bonchev–Trinajstić information content (AvgIpc) is 2.90. The van der Waals surface area contributed by atoms with E-state index in [1.54, 1.807) is 13.8 Å². The molecule has 0 aliphatic heterocycles. The normalized spacial score (nSPS) is 11.8. The maximum atomic E-state index is 13.4. The van der Waals surface area contributed by atoms with Crippen LogP contribution in [0.2, 0.25) is 0 Å². The van der Waals surface area contributed by atoms with Crippen molar-refractivity contribution in [3.8, 4) is 11.4 Å². The van der Waals surface area contributed by atoms with Crippen molar-refractivity contribution in [3.63, 3.8) is 0 Å². The van der Waals surface area contributed by atoms with Gasteiger partial charge in [0.05, 0.1) is 21.4 Å². The van der Waals surface area contributed by atoms with Crippen molar-refractivity contribution < 1.29 is 40.7 Å². The van der Waals surface area contributed by atoms with Crippen molar-refractivity contribution in [2.45, 2.75) is 50.6 Å². The highest BCUT2D eigenvalue weighted by Crippen LogP contribution is 2.31. The van der Waals surface area contributed by atoms with Crippen LogP contribution in [0.25, 0.3) is 5.69 Å². The van der Waals surface area contributed by atoms with Gasteiger partial charge in [-0.1, -0.05) is 18.2 Å². The zero-order valence-electron chi connectivity index (χ0n) is 22.7. The van der Waals surface area contributed by atoms with Gasteiger partial charge < -0.3 is 14.8 Å². The highest BCUT2D eigenvalue weighted by molar-refractivity contribution is 7.92. The summed E-state index contributed by atoms with van der Waals surface area (Å²) in [4.78, 5) is 37.7. The Bertz CT molecular complexity index is 1600. The van der Waals surface area contributed by atoms with Gasteiger partial charge >= 0.3 is 12.1 Å². The topological polar surface area (TPSA) is 121 Å². The molecular formula is C28H29F3N2O7S. The molecule has 0 atom stereocenters. The smallest absolute Gasteiger partial charge is 0.416 e. The predicted octanol–water partition coefficient (Wildman–Crippen LogP) is 4.22. The summed E-state index contributed by atoms with van der Waals surface area (Å²) in [5.41, 5.74) is -1.75. The van der Waals surface area contributed by atoms with Crippen LogP contribution < -0.4 is 15.6 Å². The molecule has 9 nitrogen and oxygen atoms in total. The van der Waals surface area contributed by atoms with E-state index in [2.05, 4.69) is 5.32 Å². The van der Waals surface area contributed by atoms with Crippen LogP contribution in [0.1, 0.15) is 48.0 Å². The molecule has 0 aliphatic carbocycles. The number of rotatable bonds is 10. The summed E-state index contributed by atoms with van der Waals surface area (Å²) in [5, 5.41) is 1.96. The Balaban J connectivity index is 1.96. The summed E-state index contributed by atoms with van der Waals surface area (Å²) in [7, 11) is -3.48. The SMILES string of the molecule is CC(=O)OCCOc1cc(C(=O)NCc2ccc(S(=O)(=O)C(C)C)cc2)c(=O)n(-c2cccc(C(F)(F)F)c2)c1C. The third-order valence-corrected chi connectivity index (χ3v) is 8.22. The summed E-state index contributed by atoms with van der Waals surface area (Å²) in [5.74, 6) is -1.36. The summed E-state index contributed by atoms with van der Waals surface area (Å²) in [6, 6.07) is 11.1. The van der Waals surface area contributed by atoms with Crippen molar-refractivity contribution >= 4 is 21.7 Å². The van der Waals surface area contributed by atoms with Crippen LogP contribution in [0, 0.1) is 6.92 Å². The molecule has 41 heavy (non-hydrogen) atoms. The Morgan fingerprint density at radius 2 is 1.68 bits per heavy atom. The number of halogens is 3. The molecule has 1 aromatic heterocycles. The van der Waals surface area contributed by atoms with E-state index in [9.17, 15) is 36.0 Å². The Labute approximate surface area is 234 Å². The lowest BCUT2D eigenvalue weighted by molar-refractivity contribution is -0.141. The van der Waals surface area contributed by atoms with Gasteiger partial charge in [0.1, 0.15) is 24.5 Å². The van der Waals surface area contributed by atoms with Crippen molar-refractivity contribution in [1.29, 1.82) is 0 Å². The summed E-state index contributed by atoms with van der Waals surface area (Å²) < 4.78 is 76.2. The molecular weight excluding hydrogens is 565 g/mol. The van der Waals surface area contributed by atoms with Crippen LogP contribution in [0.3, 0.4) is 0 Å². The molecule has 0 bridgehead atoms. The molecule has 1 heterocycles. The van der Waals surface area contributed by atoms with E-state index in [4.69, 9.17) is 9.47 Å². The second kappa shape index (κ2) is 12.6. The summed E-state index contributed by atoms with van der Waals surface area (Å²) in [6.45, 7) is 5.42. The number of sulfone groups is 1. The molecule has 0 aliphatic rings. The number of alkyl halides is 3. The van der Waals surface area contributed by atoms with Crippen molar-refractivity contribution in [3.05, 3.63) is 87.3 Å². The maximum Gasteiger partial charge on any atom is 0.416 e. The number of ether oxygens (including phenoxy) is 2. The fourth-order valence-electron chi connectivity index (χ4n) is 3.80. The third-order valence-electron chi connectivity index (χ3n) is 6.05. The molecule has 0 radical (unpaired) electrons. The van der Waals surface area contributed by atoms with Crippen LogP contribution in [-0.2, 0) is 32.1 Å². The first-order valence-electron chi connectivity index (χ1n) is 12.4. The first kappa shape index (κ1) is 31.4. The third kappa shape index (κ3) is 7.54. The van der Waals surface area contributed by atoms with E-state index in [0.717, 1.165) is 22.8 Å². The van der Waals surface area contributed by atoms with E-state index >= 15 is 0 Å². The van der Waals surface area contributed by atoms with Gasteiger partial charge in [0, 0.05) is 25.2 Å². The molecule has 2 aromatic carbocycles. The number of benzene rings is 2. The van der Waals surface area contributed by atoms with Crippen LogP contribution >= 0.6 is 0 Å². The standard InChI is InChI=1S/C28H29F3N2O7S/c1-17(2)41(37,38)23-10-8-20(9-11-23)16-32-26(35)24-15-25(40-13-12-39-19(4)34)18(3)33(27(24)36)22-7-5-6-21(14-22)28(29,30)31/h5-11,14-15,17H,12-13,16H2,1-4H3,(H,32,35). The minimum atomic E-state index is -4.67. The second-order valence-electron chi connectivity index (χ2n) is 9.31. The minimum absolute atomic E-state index is 0.0163. The molecule has 1 amide bonds. The number of aromatic nitrogens is 1. The highest BCUT2D eigenvalue weighted by Gasteiger charge is 2.31. The van der Waals surface area contributed by atoms with E-state index in [0.29, 0.717) is 5.56 Å². The van der Waals surface area contributed by atoms with Crippen LogP contribution in [-0.4, -0.2) is 43.3 Å². The fraction of sp³-hybridized carbons (Fsp3) is 0.321. The number of hydrogen-bond donors (Lipinski definition) is 1. The molecule has 0 fully saturated rings. The number of hydrogen-bond acceptors (Lipinski definition) is 7. The average molecular weight is 595 g/mol. The lowest BCUT2D eigenvalue weighted by atomic mass is 10.1. The van der Waals surface area contributed by atoms with Gasteiger partial charge in [0.25, 0.3) is 11.5 Å². The largest absolute Gasteiger partial charge is 0.488 e. The molecule has 3 rings (SSSR count). The zero-order valence-corrected chi connectivity index (χ0v) is 23.6. The second-order valence-corrected chi connectivity index (χ2v) is 11.8. The van der Waals surface area contributed by atoms with Crippen LogP contribution in [0.4, 0.5) is 13.2 Å². The van der Waals surface area contributed by atoms with Gasteiger partial charge in [-0.25, -0.2) is 8.42 Å². The van der Waals surface area contributed by atoms with E-state index in [1.807, 2.05) is 0 Å². The Morgan fingerprint density at radius 3 is 2.27 bits per heavy atom. The first-order chi connectivity index (χ1) is 19.1. The van der Waals surface area contributed by atoms with E-state index in [1.165, 1.54) is 50.2 Å². The van der Waals surface area contributed by atoms with Gasteiger partial charge in [-0.05, 0) is 56.7 Å². The van der Waals surface area contributed by atoms with Crippen molar-refractivity contribution in [1.82, 2.24) is 9.88 Å². The molecule has 13 heteroatoms. The monoisotopic (exact) mass is 594 g/mol. The summed E-state index contributed by atoms with van der Waals surface area (Å²) >= 11 is 0. The van der Waals surface area contributed by atoms with Gasteiger partial charge in [-0.3, -0.25) is 19.0 Å². The maximum absolute atomic E-state index is 13.4. The molecule has 3 aromatic rings. The van der Waals surface area contributed by atoms with Crippen LogP contribution in [0.15, 0.2) is 64.3 Å². The Kier molecular flexibility index (Phi) is 9.64. The highest BCUT2D eigenvalue weighted by atomic mass is 32.2. The number of nitrogens with zero attached hydrogens (tertiary/aromatic N) is 1. The number of amides is 1. The molecule has 0 unspecified atom stereocenters. The lowest BCUT2D eigenvalue weighted by Gasteiger charge is -2.18. The van der Waals surface area contributed by atoms with E-state index in [-0.39, 0.29) is 41.8 Å². The minimum Gasteiger partial charge on any atom is -0.488 e. The number of carbonyl (C=O) groups excluding carboxylic acids is 2. The molecule has 1 N–H and O–H groups in total. The quantitative estimate of drug-likeness (QED) is 0.276. The molecule has 0 saturated carbocycles. The zero-order chi connectivity index (χ0) is 30.5. The van der Waals surface area contributed by atoms with Gasteiger partial charge in [-0.15, -0.1) is 0 Å². The molecule has 0 spiro atoms. The van der Waals surface area contributed by atoms with Gasteiger partial charge in [-0.2, -0.15) is 13.2 Å². The number of esters is 1. The van der Waals surface area contributed by atoms with Crippen LogP contribution in [0.5, 0.6) is 5.75 Å². The Morgan fingerprint density at radius 1 is 1.02 bits per heavy atom. The molecule has 220 valence electrons. The van der Waals surface area contributed by atoms with E-state index < -0.39 is 49.8 Å². The van der Waals surface area contributed by atoms with Gasteiger partial charge in [0.15, 0.2) is 9.84 Å². The Hall–Kier alpha value is -4.13. The fourth-order valence-corrected chi connectivity index (χ4v) is 4.86. The summed E-state index contributed by atoms with van der Waals surface area (Å²) in [6.07, 6.45) is -4.67. The predicted molar refractivity (Wildman–Crippen MR) is 144 cm³/mol. The number of pyridine rings is 1. The van der Waals surface area contributed by atoms with Crippen molar-refractivity contribution in [2.24, 2.45) is 0 Å². The van der Waals surface area contributed by atoms with Crippen molar-refractivity contribution in [2.75, 3.05) is 13.2 Å². The number of carbonyl (C=O) groups is 2. The van der Waals surface area contributed by atoms with Gasteiger partial charge in [0.2, 0.25) is 0 Å². The number of nitrogens with one attached hydrogen (secondary N) is 1. The first-order valence-corrected chi connectivity index (χ1v) is 14.0.